The summed E-state index contributed by atoms with van der Waals surface area (Å²) in [5.74, 6) is 2.36. The molecule has 0 spiro atoms. The van der Waals surface area contributed by atoms with Gasteiger partial charge in [-0.2, -0.15) is 11.8 Å². The van der Waals surface area contributed by atoms with E-state index >= 15 is 0 Å². The van der Waals surface area contributed by atoms with Gasteiger partial charge in [-0.05, 0) is 42.2 Å². The van der Waals surface area contributed by atoms with E-state index in [2.05, 4.69) is 22.3 Å². The molecule has 0 aliphatic heterocycles. The van der Waals surface area contributed by atoms with Crippen LogP contribution in [0.5, 0.6) is 0 Å². The summed E-state index contributed by atoms with van der Waals surface area (Å²) in [5, 5.41) is 5.95. The molecule has 0 saturated heterocycles. The minimum absolute atomic E-state index is 0.452. The van der Waals surface area contributed by atoms with Crippen LogP contribution >= 0.6 is 11.8 Å². The Morgan fingerprint density at radius 1 is 1.28 bits per heavy atom. The molecular weight excluding hydrogens is 248 g/mol. The molecule has 1 aromatic carbocycles. The lowest BCUT2D eigenvalue weighted by molar-refractivity contribution is 0.187. The van der Waals surface area contributed by atoms with Gasteiger partial charge in [-0.15, -0.1) is 0 Å². The van der Waals surface area contributed by atoms with Crippen molar-refractivity contribution < 1.29 is 9.53 Å². The molecule has 1 rings (SSSR count). The highest BCUT2D eigenvalue weighted by Gasteiger charge is 1.99. The summed E-state index contributed by atoms with van der Waals surface area (Å²) >= 11 is 1.95. The average Bonchev–Trinajstić information content (AvgIpc) is 2.40. The van der Waals surface area contributed by atoms with E-state index in [1.165, 1.54) is 18.6 Å². The Morgan fingerprint density at radius 2 is 1.94 bits per heavy atom. The Morgan fingerprint density at radius 3 is 2.56 bits per heavy atom. The van der Waals surface area contributed by atoms with Crippen molar-refractivity contribution in [3.63, 3.8) is 0 Å². The van der Waals surface area contributed by atoms with Gasteiger partial charge in [0.2, 0.25) is 0 Å². The van der Waals surface area contributed by atoms with E-state index in [0.717, 1.165) is 24.3 Å². The fourth-order valence-electron chi connectivity index (χ4n) is 1.39. The van der Waals surface area contributed by atoms with Gasteiger partial charge in [-0.1, -0.05) is 6.92 Å². The van der Waals surface area contributed by atoms with Gasteiger partial charge in [0, 0.05) is 17.9 Å². The normalized spacial score (nSPS) is 9.89. The van der Waals surface area contributed by atoms with E-state index in [4.69, 9.17) is 0 Å². The van der Waals surface area contributed by atoms with Crippen LogP contribution in [0.3, 0.4) is 0 Å². The van der Waals surface area contributed by atoms with Gasteiger partial charge >= 0.3 is 6.09 Å². The summed E-state index contributed by atoms with van der Waals surface area (Å²) in [6, 6.07) is 7.58. The molecule has 0 aromatic heterocycles. The number of nitrogens with one attached hydrogen (secondary N) is 2. The Bertz CT molecular complexity index is 355. The lowest BCUT2D eigenvalue weighted by atomic mass is 10.3. The van der Waals surface area contributed by atoms with Gasteiger partial charge in [-0.25, -0.2) is 4.79 Å². The summed E-state index contributed by atoms with van der Waals surface area (Å²) < 4.78 is 4.52. The molecule has 18 heavy (non-hydrogen) atoms. The minimum Gasteiger partial charge on any atom is -0.453 e. The number of hydrogen-bond acceptors (Lipinski definition) is 4. The number of benzene rings is 1. The molecule has 0 fully saturated rings. The zero-order valence-electron chi connectivity index (χ0n) is 10.9. The van der Waals surface area contributed by atoms with Crippen LogP contribution in [-0.4, -0.2) is 31.3 Å². The zero-order chi connectivity index (χ0) is 13.2. The quantitative estimate of drug-likeness (QED) is 0.744. The van der Waals surface area contributed by atoms with Crippen molar-refractivity contribution in [3.8, 4) is 0 Å². The van der Waals surface area contributed by atoms with Crippen molar-refractivity contribution in [2.24, 2.45) is 0 Å². The molecule has 100 valence electrons. The van der Waals surface area contributed by atoms with Crippen LogP contribution < -0.4 is 10.6 Å². The molecule has 0 aliphatic rings. The first-order valence-electron chi connectivity index (χ1n) is 6.03. The molecule has 4 nitrogen and oxygen atoms in total. The van der Waals surface area contributed by atoms with Gasteiger partial charge < -0.3 is 10.1 Å². The Balaban J connectivity index is 2.29. The van der Waals surface area contributed by atoms with Crippen LogP contribution in [0.1, 0.15) is 13.3 Å². The molecule has 0 heterocycles. The zero-order valence-corrected chi connectivity index (χ0v) is 11.7. The Kier molecular flexibility index (Phi) is 7.10. The maximum atomic E-state index is 11.0. The minimum atomic E-state index is -0.452. The van der Waals surface area contributed by atoms with Gasteiger partial charge in [0.25, 0.3) is 0 Å². The summed E-state index contributed by atoms with van der Waals surface area (Å²) in [5.41, 5.74) is 1.79. The van der Waals surface area contributed by atoms with Crippen molar-refractivity contribution in [1.82, 2.24) is 0 Å². The molecule has 1 amide bonds. The lowest BCUT2D eigenvalue weighted by Crippen LogP contribution is -2.10. The van der Waals surface area contributed by atoms with Crippen LogP contribution in [0.4, 0.5) is 16.2 Å². The molecule has 0 radical (unpaired) electrons. The van der Waals surface area contributed by atoms with Crippen molar-refractivity contribution in [3.05, 3.63) is 24.3 Å². The number of carbonyl (C=O) groups is 1. The highest BCUT2D eigenvalue weighted by atomic mass is 32.2. The largest absolute Gasteiger partial charge is 0.453 e. The summed E-state index contributed by atoms with van der Waals surface area (Å²) in [4.78, 5) is 11.0. The topological polar surface area (TPSA) is 50.4 Å². The van der Waals surface area contributed by atoms with E-state index < -0.39 is 6.09 Å². The summed E-state index contributed by atoms with van der Waals surface area (Å²) in [7, 11) is 1.35. The molecule has 1 aromatic rings. The molecule has 2 N–H and O–H groups in total. The molecule has 0 aliphatic carbocycles. The number of amides is 1. The number of rotatable bonds is 7. The second kappa shape index (κ2) is 8.69. The fraction of sp³-hybridized carbons (Fsp3) is 0.462. The molecule has 0 atom stereocenters. The number of ether oxygens (including phenoxy) is 1. The lowest BCUT2D eigenvalue weighted by Gasteiger charge is -2.07. The van der Waals surface area contributed by atoms with Gasteiger partial charge in [-0.3, -0.25) is 5.32 Å². The van der Waals surface area contributed by atoms with E-state index in [-0.39, 0.29) is 0 Å². The first-order valence-corrected chi connectivity index (χ1v) is 7.18. The first-order chi connectivity index (χ1) is 8.76. The molecule has 0 bridgehead atoms. The third-order valence-electron chi connectivity index (χ3n) is 2.32. The number of thioether (sulfide) groups is 1. The van der Waals surface area contributed by atoms with Crippen molar-refractivity contribution in [2.45, 2.75) is 13.3 Å². The van der Waals surface area contributed by atoms with Crippen molar-refractivity contribution in [2.75, 3.05) is 35.8 Å². The van der Waals surface area contributed by atoms with Gasteiger partial charge in [0.15, 0.2) is 0 Å². The van der Waals surface area contributed by atoms with Crippen LogP contribution in [0.2, 0.25) is 0 Å². The molecule has 5 heteroatoms. The predicted octanol–water partition coefficient (Wildman–Crippen LogP) is 3.42. The SMILES string of the molecule is CCSCCCNc1ccc(NC(=O)OC)cc1. The summed E-state index contributed by atoms with van der Waals surface area (Å²) in [6.45, 7) is 3.14. The average molecular weight is 268 g/mol. The van der Waals surface area contributed by atoms with E-state index in [0.29, 0.717) is 0 Å². The van der Waals surface area contributed by atoms with Crippen LogP contribution in [-0.2, 0) is 4.74 Å². The van der Waals surface area contributed by atoms with Crippen molar-refractivity contribution in [1.29, 1.82) is 0 Å². The van der Waals surface area contributed by atoms with E-state index in [1.807, 2.05) is 36.0 Å². The van der Waals surface area contributed by atoms with Gasteiger partial charge in [0.05, 0.1) is 7.11 Å². The predicted molar refractivity (Wildman–Crippen MR) is 78.6 cm³/mol. The monoisotopic (exact) mass is 268 g/mol. The van der Waals surface area contributed by atoms with Crippen LogP contribution in [0.15, 0.2) is 24.3 Å². The third-order valence-corrected chi connectivity index (χ3v) is 3.30. The number of hydrogen-bond donors (Lipinski definition) is 2. The maximum Gasteiger partial charge on any atom is 0.411 e. The second-order valence-corrected chi connectivity index (χ2v) is 5.07. The molecule has 0 saturated carbocycles. The number of carbonyl (C=O) groups excluding carboxylic acids is 1. The number of methoxy groups -OCH3 is 1. The standard InChI is InChI=1S/C13H20N2O2S/c1-3-18-10-4-9-14-11-5-7-12(8-6-11)15-13(16)17-2/h5-8,14H,3-4,9-10H2,1-2H3,(H,15,16). The summed E-state index contributed by atoms with van der Waals surface area (Å²) in [6.07, 6.45) is 0.702. The van der Waals surface area contributed by atoms with E-state index in [1.54, 1.807) is 0 Å². The molecular formula is C13H20N2O2S. The van der Waals surface area contributed by atoms with E-state index in [9.17, 15) is 4.79 Å². The maximum absolute atomic E-state index is 11.0. The first kappa shape index (κ1) is 14.7. The number of anilines is 2. The molecule has 0 unspecified atom stereocenters. The highest BCUT2D eigenvalue weighted by Crippen LogP contribution is 2.13. The second-order valence-electron chi connectivity index (χ2n) is 3.67. The smallest absolute Gasteiger partial charge is 0.411 e. The van der Waals surface area contributed by atoms with Crippen LogP contribution in [0, 0.1) is 0 Å². The fourth-order valence-corrected chi connectivity index (χ4v) is 2.03. The highest BCUT2D eigenvalue weighted by molar-refractivity contribution is 7.99. The van der Waals surface area contributed by atoms with Crippen molar-refractivity contribution >= 4 is 29.2 Å². The Labute approximate surface area is 112 Å². The van der Waals surface area contributed by atoms with Crippen LogP contribution in [0.25, 0.3) is 0 Å². The third kappa shape index (κ3) is 5.82. The Hall–Kier alpha value is -1.36. The van der Waals surface area contributed by atoms with Gasteiger partial charge in [0.1, 0.15) is 0 Å².